The van der Waals surface area contributed by atoms with E-state index in [0.717, 1.165) is 0 Å². The van der Waals surface area contributed by atoms with Crippen molar-refractivity contribution in [1.29, 1.82) is 0 Å². The summed E-state index contributed by atoms with van der Waals surface area (Å²) in [6.07, 6.45) is 0. The summed E-state index contributed by atoms with van der Waals surface area (Å²) in [7, 11) is 0. The van der Waals surface area contributed by atoms with Crippen molar-refractivity contribution in [2.45, 2.75) is 0 Å². The Morgan fingerprint density at radius 1 is 0.667 bits per heavy atom. The van der Waals surface area contributed by atoms with E-state index in [1.807, 2.05) is 0 Å². The largest absolute Gasteiger partial charge is 0.412 e. The van der Waals surface area contributed by atoms with Gasteiger partial charge in [0.05, 0.1) is 0 Å². The fraction of sp³-hybridized carbons (Fsp3) is 0. The van der Waals surface area contributed by atoms with Crippen molar-refractivity contribution in [3.63, 3.8) is 0 Å². The van der Waals surface area contributed by atoms with E-state index in [1.54, 1.807) is 0 Å². The number of halogens is 1. The Morgan fingerprint density at radius 2 is 0.667 bits per heavy atom. The van der Waals surface area contributed by atoms with Crippen LogP contribution in [-0.2, 0) is 26.2 Å². The molecule has 0 rings (SSSR count). The zero-order chi connectivity index (χ0) is 0. The van der Waals surface area contributed by atoms with E-state index in [2.05, 4.69) is 0 Å². The predicted molar refractivity (Wildman–Crippen MR) is 28.0 cm³/mol. The molecular weight excluding hydrogens is 202 g/mol. The van der Waals surface area contributed by atoms with Crippen LogP contribution >= 0.6 is 12.4 Å². The Balaban J connectivity index is 0. The summed E-state index contributed by atoms with van der Waals surface area (Å²) in [5.41, 5.74) is 0. The molecule has 0 atom stereocenters. The summed E-state index contributed by atoms with van der Waals surface area (Å²) < 4.78 is 0. The second kappa shape index (κ2) is 81.7. The molecule has 0 saturated heterocycles. The SMILES string of the molecule is Cl.O.O.O.[AlH3].[Zr]. The van der Waals surface area contributed by atoms with Crippen LogP contribution in [0.4, 0.5) is 0 Å². The van der Waals surface area contributed by atoms with Crippen LogP contribution in [0.5, 0.6) is 0 Å². The molecule has 0 aliphatic carbocycles. The number of hydrogen-bond acceptors (Lipinski definition) is 0. The van der Waals surface area contributed by atoms with Gasteiger partial charge in [-0.2, -0.15) is 0 Å². The topological polar surface area (TPSA) is 94.5 Å². The van der Waals surface area contributed by atoms with E-state index in [1.165, 1.54) is 0 Å². The molecule has 0 saturated carbocycles. The molecule has 0 aliphatic heterocycles. The van der Waals surface area contributed by atoms with Crippen LogP contribution in [0.1, 0.15) is 0 Å². The van der Waals surface area contributed by atoms with Crippen LogP contribution < -0.4 is 0 Å². The third kappa shape index (κ3) is 46.7. The monoisotopic (exact) mass is 210 g/mol. The van der Waals surface area contributed by atoms with Gasteiger partial charge < -0.3 is 16.4 Å². The van der Waals surface area contributed by atoms with Crippen molar-refractivity contribution in [3.05, 3.63) is 0 Å². The van der Waals surface area contributed by atoms with E-state index in [9.17, 15) is 0 Å². The fourth-order valence-electron chi connectivity index (χ4n) is 0. The van der Waals surface area contributed by atoms with Gasteiger partial charge in [0.1, 0.15) is 0 Å². The van der Waals surface area contributed by atoms with Crippen LogP contribution in [0.25, 0.3) is 0 Å². The quantitative estimate of drug-likeness (QED) is 0.377. The first kappa shape index (κ1) is 131. The molecule has 0 unspecified atom stereocenters. The molecule has 6 heavy (non-hydrogen) atoms. The van der Waals surface area contributed by atoms with Crippen molar-refractivity contribution in [1.82, 2.24) is 0 Å². The minimum atomic E-state index is 0. The molecule has 0 aromatic carbocycles. The van der Waals surface area contributed by atoms with E-state index in [-0.39, 0.29) is 72.4 Å². The van der Waals surface area contributed by atoms with Gasteiger partial charge >= 0.3 is 0 Å². The maximum atomic E-state index is 0. The molecule has 0 amide bonds. The van der Waals surface area contributed by atoms with Crippen molar-refractivity contribution >= 4 is 29.8 Å². The average molecular weight is 212 g/mol. The van der Waals surface area contributed by atoms with Gasteiger partial charge in [0.15, 0.2) is 17.4 Å². The minimum absolute atomic E-state index is 0. The zero-order valence-corrected chi connectivity index (χ0v) is 5.68. The first-order valence-corrected chi connectivity index (χ1v) is 0. The third-order valence-electron chi connectivity index (χ3n) is 0. The Bertz CT molecular complexity index is 10.8. The van der Waals surface area contributed by atoms with Crippen molar-refractivity contribution in [3.8, 4) is 0 Å². The standard InChI is InChI=1S/Al.ClH.3H2O.Zr.3H/h;1H;3*1H2;;;;. The Morgan fingerprint density at radius 3 is 0.667 bits per heavy atom. The molecule has 0 fully saturated rings. The molecule has 0 bridgehead atoms. The number of rotatable bonds is 0. The van der Waals surface area contributed by atoms with Gasteiger partial charge in [-0.25, -0.2) is 0 Å². The summed E-state index contributed by atoms with van der Waals surface area (Å²) in [6, 6.07) is 0. The average Bonchev–Trinajstić information content (AvgIpc) is 0. The molecule has 0 heterocycles. The van der Waals surface area contributed by atoms with E-state index >= 15 is 0 Å². The van der Waals surface area contributed by atoms with Crippen LogP contribution in [0.2, 0.25) is 0 Å². The molecule has 6 heteroatoms. The van der Waals surface area contributed by atoms with Crippen LogP contribution in [0, 0.1) is 0 Å². The molecule has 6 N–H and O–H groups in total. The second-order valence-electron chi connectivity index (χ2n) is 0. The minimum Gasteiger partial charge on any atom is -0.412 e. The first-order valence-electron chi connectivity index (χ1n) is 0. The molecule has 3 nitrogen and oxygen atoms in total. The van der Waals surface area contributed by atoms with Crippen molar-refractivity contribution in [2.24, 2.45) is 0 Å². The summed E-state index contributed by atoms with van der Waals surface area (Å²) in [6.45, 7) is 0. The van der Waals surface area contributed by atoms with Gasteiger partial charge in [-0.15, -0.1) is 12.4 Å². The maximum Gasteiger partial charge on any atom is 0.187 e. The second-order valence-corrected chi connectivity index (χ2v) is 0. The third-order valence-corrected chi connectivity index (χ3v) is 0. The summed E-state index contributed by atoms with van der Waals surface area (Å²) >= 11 is 0. The van der Waals surface area contributed by atoms with Gasteiger partial charge in [0.2, 0.25) is 0 Å². The van der Waals surface area contributed by atoms with Crippen LogP contribution in [-0.4, -0.2) is 33.8 Å². The Hall–Kier alpha value is 1.59. The van der Waals surface area contributed by atoms with Gasteiger partial charge in [-0.1, -0.05) is 0 Å². The molecule has 42 valence electrons. The van der Waals surface area contributed by atoms with Crippen molar-refractivity contribution in [2.75, 3.05) is 0 Å². The van der Waals surface area contributed by atoms with E-state index < -0.39 is 0 Å². The van der Waals surface area contributed by atoms with Crippen molar-refractivity contribution < 1.29 is 42.6 Å². The Labute approximate surface area is 72.1 Å². The fourth-order valence-corrected chi connectivity index (χ4v) is 0. The zero-order valence-electron chi connectivity index (χ0n) is 2.41. The number of hydrogen-bond donors (Lipinski definition) is 0. The Kier molecular flexibility index (Phi) is 1780. The van der Waals surface area contributed by atoms with Crippen LogP contribution in [0.3, 0.4) is 0 Å². The van der Waals surface area contributed by atoms with E-state index in [0.29, 0.717) is 0 Å². The van der Waals surface area contributed by atoms with E-state index in [4.69, 9.17) is 0 Å². The molecular formula is H10AlClO3Zr. The smallest absolute Gasteiger partial charge is 0.187 e. The molecule has 0 spiro atoms. The first-order chi connectivity index (χ1) is 0. The molecule has 0 aromatic rings. The predicted octanol–water partition coefficient (Wildman–Crippen LogP) is -3.24. The molecule has 0 aromatic heterocycles. The summed E-state index contributed by atoms with van der Waals surface area (Å²) in [5, 5.41) is 0. The molecule has 0 radical (unpaired) electrons. The van der Waals surface area contributed by atoms with Gasteiger partial charge in [0.25, 0.3) is 0 Å². The normalized spacial score (nSPS) is 0. The maximum absolute atomic E-state index is 0. The van der Waals surface area contributed by atoms with Gasteiger partial charge in [-0.05, 0) is 0 Å². The van der Waals surface area contributed by atoms with Gasteiger partial charge in [-0.3, -0.25) is 0 Å². The molecule has 0 aliphatic rings. The van der Waals surface area contributed by atoms with Gasteiger partial charge in [0, 0.05) is 26.2 Å². The van der Waals surface area contributed by atoms with Crippen LogP contribution in [0.15, 0.2) is 0 Å². The summed E-state index contributed by atoms with van der Waals surface area (Å²) in [4.78, 5) is 0. The summed E-state index contributed by atoms with van der Waals surface area (Å²) in [5.74, 6) is 0.